The van der Waals surface area contributed by atoms with E-state index >= 15 is 0 Å². The zero-order valence-corrected chi connectivity index (χ0v) is 11.0. The third-order valence-corrected chi connectivity index (χ3v) is 3.34. The van der Waals surface area contributed by atoms with Crippen LogP contribution in [-0.2, 0) is 5.92 Å². The number of nitrogens with zero attached hydrogens (tertiary/aromatic N) is 1. The Hall–Kier alpha value is -2.62. The van der Waals surface area contributed by atoms with E-state index in [1.165, 1.54) is 42.7 Å². The Kier molecular flexibility index (Phi) is 3.22. The lowest BCUT2D eigenvalue weighted by atomic mass is 9.95. The summed E-state index contributed by atoms with van der Waals surface area (Å²) < 4.78 is 29.2. The molecule has 0 aliphatic heterocycles. The minimum atomic E-state index is -3.58. The van der Waals surface area contributed by atoms with Gasteiger partial charge in [-0.2, -0.15) is 8.78 Å². The number of pyridine rings is 1. The quantitative estimate of drug-likeness (QED) is 0.674. The third kappa shape index (κ3) is 2.29. The topological polar surface area (TPSA) is 30.0 Å². The molecule has 0 radical (unpaired) electrons. The number of fused-ring (bicyclic) bond motifs is 1. The molecule has 0 saturated heterocycles. The Labute approximate surface area is 120 Å². The van der Waals surface area contributed by atoms with Crippen molar-refractivity contribution in [3.8, 4) is 0 Å². The highest BCUT2D eigenvalue weighted by molar-refractivity contribution is 6.04. The van der Waals surface area contributed by atoms with Crippen molar-refractivity contribution in [1.82, 2.24) is 4.98 Å². The van der Waals surface area contributed by atoms with Crippen LogP contribution in [0.15, 0.2) is 67.0 Å². The van der Waals surface area contributed by atoms with Gasteiger partial charge in [0.15, 0.2) is 0 Å². The maximum Gasteiger partial charge on any atom is 0.335 e. The van der Waals surface area contributed by atoms with Crippen LogP contribution < -0.4 is 0 Å². The van der Waals surface area contributed by atoms with Crippen molar-refractivity contribution in [2.24, 2.45) is 0 Å². The van der Waals surface area contributed by atoms with E-state index in [9.17, 15) is 13.6 Å². The molecule has 2 aromatic carbocycles. The van der Waals surface area contributed by atoms with Crippen LogP contribution >= 0.6 is 0 Å². The number of hydrogen-bond acceptors (Lipinski definition) is 2. The second-order valence-corrected chi connectivity index (χ2v) is 4.67. The summed E-state index contributed by atoms with van der Waals surface area (Å²) in [6.45, 7) is 0. The van der Waals surface area contributed by atoms with Gasteiger partial charge in [0.2, 0.25) is 5.78 Å². The molecule has 1 aromatic heterocycles. The minimum absolute atomic E-state index is 0.00596. The number of Topliss-reactive ketones (excluding diaryl/α,β-unsaturated/α-hetero) is 1. The Morgan fingerprint density at radius 3 is 2.48 bits per heavy atom. The average molecular weight is 283 g/mol. The average Bonchev–Trinajstić information content (AvgIpc) is 2.54. The van der Waals surface area contributed by atoms with E-state index in [1.54, 1.807) is 24.3 Å². The summed E-state index contributed by atoms with van der Waals surface area (Å²) in [5.74, 6) is -4.78. The van der Waals surface area contributed by atoms with Crippen LogP contribution in [0.25, 0.3) is 10.8 Å². The zero-order valence-electron chi connectivity index (χ0n) is 11.0. The van der Waals surface area contributed by atoms with Crippen LogP contribution in [0.2, 0.25) is 0 Å². The summed E-state index contributed by atoms with van der Waals surface area (Å²) in [6.07, 6.45) is 2.94. The van der Waals surface area contributed by atoms with Crippen molar-refractivity contribution in [2.75, 3.05) is 0 Å². The fourth-order valence-electron chi connectivity index (χ4n) is 2.29. The van der Waals surface area contributed by atoms with Crippen molar-refractivity contribution in [3.63, 3.8) is 0 Å². The largest absolute Gasteiger partial charge is 0.335 e. The molecule has 0 fully saturated rings. The standard InChI is InChI=1S/C17H11F2NO/c18-17(19,16(21)12-5-2-1-3-6-12)15-8-4-7-13-11-20-10-9-14(13)15/h1-11H. The fourth-order valence-corrected chi connectivity index (χ4v) is 2.29. The predicted octanol–water partition coefficient (Wildman–Crippen LogP) is 4.21. The number of carbonyl (C=O) groups excluding carboxylic acids is 1. The van der Waals surface area contributed by atoms with E-state index in [-0.39, 0.29) is 11.1 Å². The van der Waals surface area contributed by atoms with Gasteiger partial charge in [0.25, 0.3) is 0 Å². The number of alkyl halides is 2. The van der Waals surface area contributed by atoms with Crippen molar-refractivity contribution < 1.29 is 13.6 Å². The van der Waals surface area contributed by atoms with Gasteiger partial charge in [-0.15, -0.1) is 0 Å². The van der Waals surface area contributed by atoms with Gasteiger partial charge >= 0.3 is 5.92 Å². The Morgan fingerprint density at radius 2 is 1.71 bits per heavy atom. The van der Waals surface area contributed by atoms with Gasteiger partial charge < -0.3 is 0 Å². The van der Waals surface area contributed by atoms with E-state index < -0.39 is 11.7 Å². The normalized spacial score (nSPS) is 11.5. The summed E-state index contributed by atoms with van der Waals surface area (Å²) in [5.41, 5.74) is -0.301. The summed E-state index contributed by atoms with van der Waals surface area (Å²) >= 11 is 0. The van der Waals surface area contributed by atoms with Crippen LogP contribution in [0, 0.1) is 0 Å². The smallest absolute Gasteiger partial charge is 0.287 e. The van der Waals surface area contributed by atoms with E-state index in [4.69, 9.17) is 0 Å². The second kappa shape index (κ2) is 5.05. The summed E-state index contributed by atoms with van der Waals surface area (Å²) in [4.78, 5) is 16.1. The first kappa shape index (κ1) is 13.4. The van der Waals surface area contributed by atoms with E-state index in [2.05, 4.69) is 4.98 Å². The van der Waals surface area contributed by atoms with E-state index in [0.29, 0.717) is 10.8 Å². The molecule has 3 rings (SSSR count). The number of rotatable bonds is 3. The molecule has 0 N–H and O–H groups in total. The maximum atomic E-state index is 14.6. The molecule has 0 saturated carbocycles. The molecule has 1 heterocycles. The SMILES string of the molecule is O=C(c1ccccc1)C(F)(F)c1cccc2cnccc12. The first-order chi connectivity index (χ1) is 10.1. The van der Waals surface area contributed by atoms with Crippen LogP contribution in [0.1, 0.15) is 15.9 Å². The molecule has 0 spiro atoms. The molecule has 0 amide bonds. The molecule has 104 valence electrons. The second-order valence-electron chi connectivity index (χ2n) is 4.67. The molecule has 2 nitrogen and oxygen atoms in total. The van der Waals surface area contributed by atoms with Crippen LogP contribution in [0.4, 0.5) is 8.78 Å². The Bertz CT molecular complexity index is 795. The molecule has 21 heavy (non-hydrogen) atoms. The van der Waals surface area contributed by atoms with Crippen LogP contribution in [0.5, 0.6) is 0 Å². The summed E-state index contributed by atoms with van der Waals surface area (Å²) in [6, 6.07) is 13.6. The lowest BCUT2D eigenvalue weighted by Gasteiger charge is -2.17. The van der Waals surface area contributed by atoms with Gasteiger partial charge in [0.05, 0.1) is 0 Å². The Balaban J connectivity index is 2.14. The zero-order chi connectivity index (χ0) is 14.9. The maximum absolute atomic E-state index is 14.6. The molecule has 0 aliphatic rings. The number of aromatic nitrogens is 1. The fraction of sp³-hybridized carbons (Fsp3) is 0.0588. The van der Waals surface area contributed by atoms with Crippen molar-refractivity contribution in [1.29, 1.82) is 0 Å². The molecule has 0 aliphatic carbocycles. The molecule has 0 atom stereocenters. The molecular weight excluding hydrogens is 272 g/mol. The monoisotopic (exact) mass is 283 g/mol. The van der Waals surface area contributed by atoms with Crippen molar-refractivity contribution in [2.45, 2.75) is 5.92 Å². The van der Waals surface area contributed by atoms with Crippen LogP contribution in [0.3, 0.4) is 0 Å². The molecule has 0 unspecified atom stereocenters. The van der Waals surface area contributed by atoms with Gasteiger partial charge in [0, 0.05) is 28.9 Å². The van der Waals surface area contributed by atoms with Gasteiger partial charge in [-0.1, -0.05) is 48.5 Å². The number of benzene rings is 2. The number of halogens is 2. The lowest BCUT2D eigenvalue weighted by Crippen LogP contribution is -2.26. The predicted molar refractivity (Wildman–Crippen MR) is 76.4 cm³/mol. The van der Waals surface area contributed by atoms with E-state index in [1.807, 2.05) is 0 Å². The van der Waals surface area contributed by atoms with Gasteiger partial charge in [-0.25, -0.2) is 0 Å². The highest BCUT2D eigenvalue weighted by Crippen LogP contribution is 2.36. The number of carbonyl (C=O) groups is 1. The van der Waals surface area contributed by atoms with Gasteiger partial charge in [0.1, 0.15) is 0 Å². The van der Waals surface area contributed by atoms with Gasteiger partial charge in [-0.3, -0.25) is 9.78 Å². The van der Waals surface area contributed by atoms with Crippen molar-refractivity contribution in [3.05, 3.63) is 78.1 Å². The third-order valence-electron chi connectivity index (χ3n) is 3.34. The molecular formula is C17H11F2NO. The van der Waals surface area contributed by atoms with E-state index in [0.717, 1.165) is 0 Å². The molecule has 0 bridgehead atoms. The number of hydrogen-bond donors (Lipinski definition) is 0. The highest BCUT2D eigenvalue weighted by Gasteiger charge is 2.42. The minimum Gasteiger partial charge on any atom is -0.287 e. The molecule has 3 aromatic rings. The lowest BCUT2D eigenvalue weighted by molar-refractivity contribution is 0.00837. The Morgan fingerprint density at radius 1 is 0.952 bits per heavy atom. The first-order valence-corrected chi connectivity index (χ1v) is 6.41. The summed E-state index contributed by atoms with van der Waals surface area (Å²) in [7, 11) is 0. The first-order valence-electron chi connectivity index (χ1n) is 6.41. The molecule has 4 heteroatoms. The highest BCUT2D eigenvalue weighted by atomic mass is 19.3. The van der Waals surface area contributed by atoms with Crippen molar-refractivity contribution >= 4 is 16.6 Å². The van der Waals surface area contributed by atoms with Gasteiger partial charge in [-0.05, 0) is 11.5 Å². The number of ketones is 1. The van der Waals surface area contributed by atoms with Crippen LogP contribution in [-0.4, -0.2) is 10.8 Å². The summed E-state index contributed by atoms with van der Waals surface area (Å²) in [5, 5.41) is 0.914.